The molecule has 9 heteroatoms. The van der Waals surface area contributed by atoms with E-state index in [1.54, 1.807) is 11.3 Å². The Labute approximate surface area is 165 Å². The Morgan fingerprint density at radius 1 is 1.17 bits per heavy atom. The summed E-state index contributed by atoms with van der Waals surface area (Å²) < 4.78 is 2.90. The predicted octanol–water partition coefficient (Wildman–Crippen LogP) is 0.611. The zero-order chi connectivity index (χ0) is 20.7. The highest BCUT2D eigenvalue weighted by Crippen LogP contribution is 2.18. The number of pyridine rings is 1. The molecule has 4 rings (SSSR count). The third-order valence-corrected chi connectivity index (χ3v) is 5.05. The number of hydrogen-bond donors (Lipinski definition) is 1. The van der Waals surface area contributed by atoms with Crippen LogP contribution in [0.4, 0.5) is 0 Å². The van der Waals surface area contributed by atoms with Crippen molar-refractivity contribution in [2.24, 2.45) is 0 Å². The molecule has 1 fully saturated rings. The van der Waals surface area contributed by atoms with Crippen LogP contribution in [0, 0.1) is 6.92 Å². The van der Waals surface area contributed by atoms with Crippen molar-refractivity contribution < 1.29 is 14.4 Å². The minimum atomic E-state index is -0.445. The summed E-state index contributed by atoms with van der Waals surface area (Å²) in [4.78, 5) is 49.4. The highest BCUT2D eigenvalue weighted by Gasteiger charge is 2.30. The van der Waals surface area contributed by atoms with Gasteiger partial charge in [-0.05, 0) is 36.9 Å². The number of nitrogens with one attached hydrogen (secondary N) is 1. The number of carbonyl (C=O) groups is 3. The van der Waals surface area contributed by atoms with E-state index in [0.717, 1.165) is 21.4 Å². The van der Waals surface area contributed by atoms with Gasteiger partial charge < -0.3 is 5.32 Å². The number of nitrogens with zero attached hydrogens (tertiary/aromatic N) is 4. The molecule has 0 unspecified atom stereocenters. The summed E-state index contributed by atoms with van der Waals surface area (Å²) in [6, 6.07) is 9.15. The van der Waals surface area contributed by atoms with Gasteiger partial charge in [0.2, 0.25) is 17.7 Å². The van der Waals surface area contributed by atoms with Crippen LogP contribution >= 0.6 is 0 Å². The molecule has 150 valence electrons. The number of likely N-dealkylation sites (tertiary alicyclic amines) is 1. The van der Waals surface area contributed by atoms with Gasteiger partial charge in [0, 0.05) is 18.9 Å². The average Bonchev–Trinajstić information content (AvgIpc) is 3.16. The number of rotatable bonds is 5. The standard InChI is InChI=1S/C20H21N5O4/c1-12-9-14-5-3-4-6-15(14)25-19(12)22-24(20(25)29)10-13(2)21-16(26)11-23-17(27)7-8-18(23)28/h3-6,9,13H,7-8,10-11H2,1-2H3,(H,21,26)/t13-/m0/s1. The number of carbonyl (C=O) groups excluding carboxylic acids is 3. The number of aryl methyl sites for hydroxylation is 1. The first-order valence-corrected chi connectivity index (χ1v) is 9.45. The molecule has 0 saturated carbocycles. The lowest BCUT2D eigenvalue weighted by Crippen LogP contribution is -2.45. The van der Waals surface area contributed by atoms with Crippen LogP contribution in [0.5, 0.6) is 0 Å². The zero-order valence-corrected chi connectivity index (χ0v) is 16.2. The van der Waals surface area contributed by atoms with Gasteiger partial charge in [0.15, 0.2) is 5.65 Å². The van der Waals surface area contributed by atoms with Crippen LogP contribution < -0.4 is 11.0 Å². The van der Waals surface area contributed by atoms with Crippen molar-refractivity contribution in [3.63, 3.8) is 0 Å². The topological polar surface area (TPSA) is 106 Å². The van der Waals surface area contributed by atoms with Crippen LogP contribution in [-0.4, -0.2) is 49.4 Å². The fourth-order valence-corrected chi connectivity index (χ4v) is 3.68. The fourth-order valence-electron chi connectivity index (χ4n) is 3.68. The van der Waals surface area contributed by atoms with Gasteiger partial charge in [0.05, 0.1) is 12.1 Å². The van der Waals surface area contributed by atoms with Crippen LogP contribution in [0.3, 0.4) is 0 Å². The molecule has 1 aromatic carbocycles. The lowest BCUT2D eigenvalue weighted by molar-refractivity contribution is -0.142. The van der Waals surface area contributed by atoms with E-state index >= 15 is 0 Å². The molecular weight excluding hydrogens is 374 g/mol. The number of imide groups is 1. The molecule has 0 spiro atoms. The maximum atomic E-state index is 12.9. The van der Waals surface area contributed by atoms with E-state index < -0.39 is 11.9 Å². The van der Waals surface area contributed by atoms with Crippen molar-refractivity contribution >= 4 is 34.3 Å². The Morgan fingerprint density at radius 3 is 2.59 bits per heavy atom. The molecule has 3 amide bonds. The maximum absolute atomic E-state index is 12.9. The van der Waals surface area contributed by atoms with Gasteiger partial charge in [-0.2, -0.15) is 0 Å². The average molecular weight is 395 g/mol. The predicted molar refractivity (Wildman–Crippen MR) is 105 cm³/mol. The second kappa shape index (κ2) is 7.16. The molecule has 0 bridgehead atoms. The second-order valence-corrected chi connectivity index (χ2v) is 7.35. The van der Waals surface area contributed by atoms with Crippen LogP contribution in [0.2, 0.25) is 0 Å². The lowest BCUT2D eigenvalue weighted by atomic mass is 10.1. The summed E-state index contributed by atoms with van der Waals surface area (Å²) in [6.45, 7) is 3.51. The monoisotopic (exact) mass is 395 g/mol. The van der Waals surface area contributed by atoms with Crippen molar-refractivity contribution in [3.05, 3.63) is 46.4 Å². The van der Waals surface area contributed by atoms with Crippen molar-refractivity contribution in [1.82, 2.24) is 24.4 Å². The summed E-state index contributed by atoms with van der Waals surface area (Å²) >= 11 is 0. The quantitative estimate of drug-likeness (QED) is 0.637. The first-order valence-electron chi connectivity index (χ1n) is 9.45. The number of hydrogen-bond acceptors (Lipinski definition) is 5. The van der Waals surface area contributed by atoms with E-state index in [1.807, 2.05) is 37.3 Å². The third kappa shape index (κ3) is 3.39. The van der Waals surface area contributed by atoms with Gasteiger partial charge in [-0.3, -0.25) is 19.3 Å². The van der Waals surface area contributed by atoms with Crippen LogP contribution in [0.1, 0.15) is 25.3 Å². The second-order valence-electron chi connectivity index (χ2n) is 7.35. The van der Waals surface area contributed by atoms with E-state index in [2.05, 4.69) is 10.4 Å². The van der Waals surface area contributed by atoms with E-state index in [9.17, 15) is 19.2 Å². The molecule has 1 N–H and O–H groups in total. The number of benzene rings is 1. The Bertz CT molecular complexity index is 1190. The number of para-hydroxylation sites is 1. The molecule has 1 aliphatic heterocycles. The van der Waals surface area contributed by atoms with Gasteiger partial charge >= 0.3 is 5.69 Å². The Hall–Kier alpha value is -3.49. The maximum Gasteiger partial charge on any atom is 0.350 e. The van der Waals surface area contributed by atoms with Gasteiger partial charge in [-0.15, -0.1) is 5.10 Å². The summed E-state index contributed by atoms with van der Waals surface area (Å²) in [5, 5.41) is 8.10. The highest BCUT2D eigenvalue weighted by atomic mass is 16.2. The highest BCUT2D eigenvalue weighted by molar-refractivity contribution is 6.04. The van der Waals surface area contributed by atoms with Gasteiger partial charge in [0.1, 0.15) is 6.54 Å². The lowest BCUT2D eigenvalue weighted by Gasteiger charge is -2.17. The molecule has 29 heavy (non-hydrogen) atoms. The van der Waals surface area contributed by atoms with Crippen LogP contribution in [-0.2, 0) is 20.9 Å². The van der Waals surface area contributed by atoms with Crippen LogP contribution in [0.25, 0.3) is 16.6 Å². The summed E-state index contributed by atoms with van der Waals surface area (Å²) in [5.41, 5.74) is 1.93. The Morgan fingerprint density at radius 2 is 1.86 bits per heavy atom. The molecule has 3 aromatic rings. The SMILES string of the molecule is Cc1cc2ccccc2n2c(=O)n(C[C@H](C)NC(=O)CN3C(=O)CCC3=O)nc12. The zero-order valence-electron chi connectivity index (χ0n) is 16.2. The fraction of sp³-hybridized carbons (Fsp3) is 0.350. The van der Waals surface area contributed by atoms with E-state index in [0.29, 0.717) is 5.65 Å². The number of aromatic nitrogens is 3. The third-order valence-electron chi connectivity index (χ3n) is 5.05. The van der Waals surface area contributed by atoms with E-state index in [4.69, 9.17) is 0 Å². The molecule has 1 aliphatic rings. The molecule has 0 radical (unpaired) electrons. The molecular formula is C20H21N5O4. The van der Waals surface area contributed by atoms with Gasteiger partial charge in [-0.25, -0.2) is 13.9 Å². The molecule has 2 aromatic heterocycles. The van der Waals surface area contributed by atoms with E-state index in [1.165, 1.54) is 4.68 Å². The molecule has 1 atom stereocenters. The van der Waals surface area contributed by atoms with Crippen LogP contribution in [0.15, 0.2) is 35.1 Å². The minimum Gasteiger partial charge on any atom is -0.350 e. The Kier molecular flexibility index (Phi) is 4.65. The molecule has 9 nitrogen and oxygen atoms in total. The van der Waals surface area contributed by atoms with Gasteiger partial charge in [0.25, 0.3) is 0 Å². The molecule has 0 aliphatic carbocycles. The number of amides is 3. The summed E-state index contributed by atoms with van der Waals surface area (Å²) in [7, 11) is 0. The van der Waals surface area contributed by atoms with Crippen molar-refractivity contribution in [3.8, 4) is 0 Å². The first kappa shape index (κ1) is 18.9. The summed E-state index contributed by atoms with van der Waals surface area (Å²) in [6.07, 6.45) is 0.289. The molecule has 1 saturated heterocycles. The first-order chi connectivity index (χ1) is 13.8. The largest absolute Gasteiger partial charge is 0.350 e. The van der Waals surface area contributed by atoms with Crippen molar-refractivity contribution in [2.75, 3.05) is 6.54 Å². The summed E-state index contributed by atoms with van der Waals surface area (Å²) in [5.74, 6) is -1.12. The molecule has 3 heterocycles. The van der Waals surface area contributed by atoms with Crippen molar-refractivity contribution in [2.45, 2.75) is 39.3 Å². The number of fused-ring (bicyclic) bond motifs is 3. The minimum absolute atomic E-state index is 0.144. The smallest absolute Gasteiger partial charge is 0.350 e. The Balaban J connectivity index is 1.54. The normalized spacial score (nSPS) is 15.4. The van der Waals surface area contributed by atoms with E-state index in [-0.39, 0.29) is 43.4 Å². The van der Waals surface area contributed by atoms with Crippen molar-refractivity contribution in [1.29, 1.82) is 0 Å². The van der Waals surface area contributed by atoms with Gasteiger partial charge in [-0.1, -0.05) is 18.2 Å².